The van der Waals surface area contributed by atoms with Gasteiger partial charge in [-0.3, -0.25) is 9.59 Å². The zero-order valence-corrected chi connectivity index (χ0v) is 12.6. The number of carbonyl (C=O) groups is 2. The van der Waals surface area contributed by atoms with E-state index in [1.54, 1.807) is 0 Å². The second-order valence-corrected chi connectivity index (χ2v) is 4.31. The van der Waals surface area contributed by atoms with Crippen LogP contribution in [0.3, 0.4) is 0 Å². The number of allylic oxidation sites excluding steroid dienone is 1. The largest absolute Gasteiger partial charge is 0.487 e. The molecular formula is C11H18ClN5O4. The summed E-state index contributed by atoms with van der Waals surface area (Å²) in [6.45, 7) is 3.97. The third-order valence-electron chi connectivity index (χ3n) is 2.14. The molecule has 0 radical (unpaired) electrons. The molecule has 1 aliphatic heterocycles. The van der Waals surface area contributed by atoms with Crippen LogP contribution in [0.15, 0.2) is 16.0 Å². The zero-order chi connectivity index (χ0) is 15.7. The number of amides is 2. The molecule has 9 nitrogen and oxygen atoms in total. The van der Waals surface area contributed by atoms with E-state index in [0.29, 0.717) is 18.8 Å². The van der Waals surface area contributed by atoms with Crippen LogP contribution in [0.5, 0.6) is 0 Å². The van der Waals surface area contributed by atoms with Crippen molar-refractivity contribution in [1.82, 2.24) is 21.3 Å². The highest BCUT2D eigenvalue weighted by Crippen LogP contribution is 2.16. The number of ether oxygens (including phenoxy) is 1. The molecule has 0 unspecified atom stereocenters. The van der Waals surface area contributed by atoms with Crippen LogP contribution < -0.4 is 16.2 Å². The molecule has 0 bridgehead atoms. The third kappa shape index (κ3) is 6.82. The fourth-order valence-corrected chi connectivity index (χ4v) is 1.46. The van der Waals surface area contributed by atoms with Gasteiger partial charge in [0.25, 0.3) is 0 Å². The summed E-state index contributed by atoms with van der Waals surface area (Å²) in [4.78, 5) is 26.7. The van der Waals surface area contributed by atoms with Crippen molar-refractivity contribution in [3.63, 3.8) is 0 Å². The molecular weight excluding hydrogens is 302 g/mol. The first kappa shape index (κ1) is 17.1. The van der Waals surface area contributed by atoms with Gasteiger partial charge >= 0.3 is 0 Å². The lowest BCUT2D eigenvalue weighted by Gasteiger charge is -2.25. The number of hydrogen-bond donors (Lipinski definition) is 3. The van der Waals surface area contributed by atoms with E-state index in [1.165, 1.54) is 20.1 Å². The van der Waals surface area contributed by atoms with E-state index in [0.717, 1.165) is 5.17 Å². The Morgan fingerprint density at radius 2 is 1.90 bits per heavy atom. The summed E-state index contributed by atoms with van der Waals surface area (Å²) in [5, 5.41) is 10.3. The molecule has 0 fully saturated rings. The molecule has 0 aromatic heterocycles. The smallest absolute Gasteiger partial charge is 0.216 e. The second kappa shape index (κ2) is 9.03. The van der Waals surface area contributed by atoms with Crippen LogP contribution in [0, 0.1) is 0 Å². The first-order valence-corrected chi connectivity index (χ1v) is 6.61. The SMILES string of the molecule is CC(=O)NCCOC1=C(Cl)N(OCCNC(C)=O)NN=C1. The number of hydroxylamine groups is 1. The monoisotopic (exact) mass is 319 g/mol. The Labute approximate surface area is 127 Å². The number of nitrogens with zero attached hydrogens (tertiary/aromatic N) is 2. The van der Waals surface area contributed by atoms with Crippen LogP contribution in [0.2, 0.25) is 0 Å². The van der Waals surface area contributed by atoms with Gasteiger partial charge in [-0.1, -0.05) is 11.6 Å². The standard InChI is InChI=1S/C11H18ClN5O4/c1-8(18)13-3-5-20-10-7-15-16-17(11(10)12)21-6-4-14-9(2)19/h7,16H,3-6H2,1-2H3,(H,13,18)(H,14,19). The third-order valence-corrected chi connectivity index (χ3v) is 2.48. The Bertz CT molecular complexity index is 440. The van der Waals surface area contributed by atoms with E-state index < -0.39 is 0 Å². The molecule has 1 aliphatic rings. The Morgan fingerprint density at radius 3 is 2.52 bits per heavy atom. The van der Waals surface area contributed by atoms with Crippen LogP contribution in [0.25, 0.3) is 0 Å². The summed E-state index contributed by atoms with van der Waals surface area (Å²) in [5.41, 5.74) is 2.52. The molecule has 0 aromatic carbocycles. The fourth-order valence-electron chi connectivity index (χ4n) is 1.27. The molecule has 118 valence electrons. The minimum absolute atomic E-state index is 0.138. The van der Waals surface area contributed by atoms with Crippen molar-refractivity contribution in [1.29, 1.82) is 0 Å². The van der Waals surface area contributed by atoms with Gasteiger partial charge in [0.15, 0.2) is 10.9 Å². The molecule has 1 rings (SSSR count). The zero-order valence-electron chi connectivity index (χ0n) is 11.8. The van der Waals surface area contributed by atoms with Crippen LogP contribution in [0.4, 0.5) is 0 Å². The Kier molecular flexibility index (Phi) is 7.33. The Hall–Kier alpha value is -2.00. The van der Waals surface area contributed by atoms with Gasteiger partial charge in [-0.2, -0.15) is 10.6 Å². The fraction of sp³-hybridized carbons (Fsp3) is 0.545. The number of carbonyl (C=O) groups excluding carboxylic acids is 2. The van der Waals surface area contributed by atoms with E-state index in [-0.39, 0.29) is 30.2 Å². The average Bonchev–Trinajstić information content (AvgIpc) is 2.42. The molecule has 0 aliphatic carbocycles. The molecule has 0 aromatic rings. The quantitative estimate of drug-likeness (QED) is 0.408. The van der Waals surface area contributed by atoms with E-state index in [9.17, 15) is 9.59 Å². The summed E-state index contributed by atoms with van der Waals surface area (Å²) < 4.78 is 5.37. The van der Waals surface area contributed by atoms with Gasteiger partial charge < -0.3 is 15.4 Å². The maximum atomic E-state index is 10.7. The normalized spacial score (nSPS) is 13.8. The van der Waals surface area contributed by atoms with Gasteiger partial charge in [0.05, 0.1) is 19.4 Å². The van der Waals surface area contributed by atoms with Crippen LogP contribution in [0.1, 0.15) is 13.8 Å². The number of nitrogens with one attached hydrogen (secondary N) is 3. The summed E-state index contributed by atoms with van der Waals surface area (Å²) in [7, 11) is 0. The topological polar surface area (TPSA) is 104 Å². The van der Waals surface area contributed by atoms with E-state index >= 15 is 0 Å². The van der Waals surface area contributed by atoms with Gasteiger partial charge in [-0.15, -0.1) is 5.17 Å². The van der Waals surface area contributed by atoms with Crippen molar-refractivity contribution in [3.05, 3.63) is 10.9 Å². The first-order valence-electron chi connectivity index (χ1n) is 6.24. The van der Waals surface area contributed by atoms with Crippen molar-refractivity contribution < 1.29 is 19.2 Å². The molecule has 0 atom stereocenters. The summed E-state index contributed by atoms with van der Waals surface area (Å²) in [6, 6.07) is 0. The number of hydrogen-bond acceptors (Lipinski definition) is 7. The van der Waals surface area contributed by atoms with Crippen LogP contribution in [-0.4, -0.2) is 49.5 Å². The van der Waals surface area contributed by atoms with Crippen molar-refractivity contribution in [3.8, 4) is 0 Å². The van der Waals surface area contributed by atoms with Gasteiger partial charge in [-0.05, 0) is 0 Å². The number of rotatable bonds is 8. The number of hydrazine groups is 1. The predicted octanol–water partition coefficient (Wildman–Crippen LogP) is -0.579. The van der Waals surface area contributed by atoms with Gasteiger partial charge in [0.2, 0.25) is 11.8 Å². The van der Waals surface area contributed by atoms with Gasteiger partial charge in [0.1, 0.15) is 6.61 Å². The highest BCUT2D eigenvalue weighted by molar-refractivity contribution is 6.30. The van der Waals surface area contributed by atoms with Crippen molar-refractivity contribution in [2.45, 2.75) is 13.8 Å². The van der Waals surface area contributed by atoms with Gasteiger partial charge in [-0.25, -0.2) is 4.84 Å². The molecule has 3 N–H and O–H groups in total. The van der Waals surface area contributed by atoms with E-state index in [2.05, 4.69) is 21.3 Å². The minimum Gasteiger partial charge on any atom is -0.487 e. The predicted molar refractivity (Wildman–Crippen MR) is 75.6 cm³/mol. The minimum atomic E-state index is -0.146. The lowest BCUT2D eigenvalue weighted by atomic mass is 10.5. The number of halogens is 1. The van der Waals surface area contributed by atoms with Crippen molar-refractivity contribution in [2.24, 2.45) is 5.10 Å². The second-order valence-electron chi connectivity index (χ2n) is 3.96. The summed E-state index contributed by atoms with van der Waals surface area (Å²) >= 11 is 6.06. The maximum absolute atomic E-state index is 10.7. The molecule has 10 heteroatoms. The number of hydrazone groups is 1. The van der Waals surface area contributed by atoms with Gasteiger partial charge in [0, 0.05) is 20.4 Å². The highest BCUT2D eigenvalue weighted by atomic mass is 35.5. The van der Waals surface area contributed by atoms with Crippen LogP contribution >= 0.6 is 11.6 Å². The molecule has 0 saturated heterocycles. The summed E-state index contributed by atoms with van der Waals surface area (Å²) in [5.74, 6) is 0.0211. The molecule has 0 saturated carbocycles. The molecule has 21 heavy (non-hydrogen) atoms. The maximum Gasteiger partial charge on any atom is 0.216 e. The Morgan fingerprint density at radius 1 is 1.29 bits per heavy atom. The first-order chi connectivity index (χ1) is 10.0. The lowest BCUT2D eigenvalue weighted by Crippen LogP contribution is -2.38. The van der Waals surface area contributed by atoms with Crippen LogP contribution in [-0.2, 0) is 19.2 Å². The summed E-state index contributed by atoms with van der Waals surface area (Å²) in [6.07, 6.45) is 1.39. The van der Waals surface area contributed by atoms with Crippen molar-refractivity contribution >= 4 is 29.6 Å². The van der Waals surface area contributed by atoms with E-state index in [4.69, 9.17) is 21.2 Å². The van der Waals surface area contributed by atoms with Crippen molar-refractivity contribution in [2.75, 3.05) is 26.3 Å². The molecule has 2 amide bonds. The average molecular weight is 320 g/mol. The lowest BCUT2D eigenvalue weighted by molar-refractivity contribution is -0.164. The molecule has 1 heterocycles. The highest BCUT2D eigenvalue weighted by Gasteiger charge is 2.17. The Balaban J connectivity index is 2.36. The van der Waals surface area contributed by atoms with E-state index in [1.807, 2.05) is 0 Å². The molecule has 0 spiro atoms.